The Bertz CT molecular complexity index is 1060. The van der Waals surface area contributed by atoms with E-state index in [0.717, 1.165) is 5.56 Å². The van der Waals surface area contributed by atoms with Crippen LogP contribution in [-0.4, -0.2) is 23.1 Å². The Morgan fingerprint density at radius 1 is 0.848 bits per heavy atom. The largest absolute Gasteiger partial charge is 0.485 e. The quantitative estimate of drug-likeness (QED) is 0.249. The van der Waals surface area contributed by atoms with E-state index < -0.39 is 29.0 Å². The highest BCUT2D eigenvalue weighted by Gasteiger charge is 2.34. The number of hydrogen-bond acceptors (Lipinski definition) is 5. The molecule has 176 valence electrons. The highest BCUT2D eigenvalue weighted by atomic mass is 19.1. The van der Waals surface area contributed by atoms with Gasteiger partial charge in [0.05, 0.1) is 0 Å². The van der Waals surface area contributed by atoms with Crippen molar-refractivity contribution >= 4 is 11.9 Å². The Morgan fingerprint density at radius 2 is 1.39 bits per heavy atom. The van der Waals surface area contributed by atoms with Crippen LogP contribution in [0.4, 0.5) is 4.39 Å². The molecule has 2 rings (SSSR count). The fourth-order valence-corrected chi connectivity index (χ4v) is 3.41. The molecule has 0 fully saturated rings. The summed E-state index contributed by atoms with van der Waals surface area (Å²) in [7, 11) is 0. The van der Waals surface area contributed by atoms with E-state index in [9.17, 15) is 14.0 Å². The second-order valence-electron chi connectivity index (χ2n) is 9.31. The molecule has 2 aromatic carbocycles. The van der Waals surface area contributed by atoms with Crippen LogP contribution in [0.5, 0.6) is 11.5 Å². The maximum absolute atomic E-state index is 14.9. The van der Waals surface area contributed by atoms with Crippen LogP contribution in [0.1, 0.15) is 48.0 Å². The second kappa shape index (κ2) is 10.0. The Morgan fingerprint density at radius 3 is 1.91 bits per heavy atom. The molecule has 0 aliphatic rings. The second-order valence-corrected chi connectivity index (χ2v) is 9.31. The first-order valence-corrected chi connectivity index (χ1v) is 10.5. The molecule has 0 bridgehead atoms. The van der Waals surface area contributed by atoms with Crippen LogP contribution in [0.3, 0.4) is 0 Å². The molecule has 0 amide bonds. The van der Waals surface area contributed by atoms with Crippen LogP contribution < -0.4 is 9.47 Å². The first-order chi connectivity index (χ1) is 15.2. The molecule has 0 saturated heterocycles. The predicted molar refractivity (Wildman–Crippen MR) is 127 cm³/mol. The lowest BCUT2D eigenvalue weighted by Gasteiger charge is -2.35. The third-order valence-electron chi connectivity index (χ3n) is 4.63. The van der Waals surface area contributed by atoms with Gasteiger partial charge in [0.2, 0.25) is 0 Å². The van der Waals surface area contributed by atoms with Gasteiger partial charge in [0.1, 0.15) is 17.0 Å². The van der Waals surface area contributed by atoms with E-state index in [-0.39, 0.29) is 5.75 Å². The van der Waals surface area contributed by atoms with Crippen LogP contribution >= 0.6 is 0 Å². The number of benzene rings is 2. The number of carbonyl (C=O) groups excluding carboxylic acids is 2. The van der Waals surface area contributed by atoms with Crippen molar-refractivity contribution in [2.24, 2.45) is 0 Å². The van der Waals surface area contributed by atoms with E-state index in [1.807, 2.05) is 13.8 Å². The van der Waals surface area contributed by atoms with Crippen LogP contribution in [0.25, 0.3) is 11.1 Å². The minimum atomic E-state index is -0.828. The zero-order valence-corrected chi connectivity index (χ0v) is 20.1. The molecule has 0 aromatic heterocycles. The highest BCUT2D eigenvalue weighted by Crippen LogP contribution is 2.32. The smallest absolute Gasteiger partial charge is 0.338 e. The third kappa shape index (κ3) is 7.59. The maximum atomic E-state index is 14.9. The van der Waals surface area contributed by atoms with E-state index in [0.29, 0.717) is 28.9 Å². The average Bonchev–Trinajstić information content (AvgIpc) is 2.68. The molecular weight excluding hydrogens is 423 g/mol. The molecule has 0 spiro atoms. The van der Waals surface area contributed by atoms with Gasteiger partial charge in [0, 0.05) is 17.6 Å². The lowest BCUT2D eigenvalue weighted by Crippen LogP contribution is -2.40. The van der Waals surface area contributed by atoms with Crippen molar-refractivity contribution < 1.29 is 28.2 Å². The van der Waals surface area contributed by atoms with Gasteiger partial charge in [-0.2, -0.15) is 0 Å². The molecule has 0 atom stereocenters. The highest BCUT2D eigenvalue weighted by molar-refractivity contribution is 5.89. The fraction of sp³-hybridized carbons (Fsp3) is 0.333. The third-order valence-corrected chi connectivity index (χ3v) is 4.63. The van der Waals surface area contributed by atoms with Crippen molar-refractivity contribution in [3.8, 4) is 22.6 Å². The van der Waals surface area contributed by atoms with Crippen LogP contribution in [0.2, 0.25) is 0 Å². The van der Waals surface area contributed by atoms with Crippen molar-refractivity contribution in [2.45, 2.75) is 59.2 Å². The standard InChI is InChI=1S/C27H31FO5/c1-17(2)24(29)31-21-12-9-19(10-13-21)20-11-14-23(22(28)15-20)32-26(5,6)16-27(7,8)33-25(30)18(3)4/h9-15H,1,3,16H2,2,4-8H3. The van der Waals surface area contributed by atoms with Gasteiger partial charge in [-0.05, 0) is 76.9 Å². The molecule has 0 radical (unpaired) electrons. The van der Waals surface area contributed by atoms with Gasteiger partial charge in [-0.1, -0.05) is 31.4 Å². The van der Waals surface area contributed by atoms with Crippen molar-refractivity contribution in [3.63, 3.8) is 0 Å². The Hall–Kier alpha value is -3.41. The van der Waals surface area contributed by atoms with Gasteiger partial charge in [-0.3, -0.25) is 0 Å². The number of carbonyl (C=O) groups is 2. The minimum absolute atomic E-state index is 0.0952. The van der Waals surface area contributed by atoms with Crippen molar-refractivity contribution in [1.29, 1.82) is 0 Å². The summed E-state index contributed by atoms with van der Waals surface area (Å²) in [5.74, 6) is -1.03. The van der Waals surface area contributed by atoms with Crippen molar-refractivity contribution in [2.75, 3.05) is 0 Å². The predicted octanol–water partition coefficient (Wildman–Crippen LogP) is 6.42. The van der Waals surface area contributed by atoms with E-state index in [1.165, 1.54) is 6.07 Å². The molecular formula is C27H31FO5. The summed E-state index contributed by atoms with van der Waals surface area (Å²) in [6.45, 7) is 17.5. The number of hydrogen-bond donors (Lipinski definition) is 0. The summed E-state index contributed by atoms with van der Waals surface area (Å²) in [4.78, 5) is 23.5. The molecule has 0 heterocycles. The van der Waals surface area contributed by atoms with E-state index >= 15 is 0 Å². The van der Waals surface area contributed by atoms with E-state index in [4.69, 9.17) is 14.2 Å². The molecule has 0 aliphatic carbocycles. The number of rotatable bonds is 9. The van der Waals surface area contributed by atoms with E-state index in [2.05, 4.69) is 13.2 Å². The molecule has 2 aromatic rings. The first kappa shape index (κ1) is 25.8. The Labute approximate surface area is 194 Å². The number of halogens is 1. The van der Waals surface area contributed by atoms with Crippen LogP contribution in [0.15, 0.2) is 66.8 Å². The van der Waals surface area contributed by atoms with Gasteiger partial charge in [0.15, 0.2) is 11.6 Å². The zero-order valence-electron chi connectivity index (χ0n) is 20.1. The SMILES string of the molecule is C=C(C)C(=O)Oc1ccc(-c2ccc(OC(C)(C)CC(C)(C)OC(=O)C(=C)C)c(F)c2)cc1. The molecule has 33 heavy (non-hydrogen) atoms. The molecule has 0 N–H and O–H groups in total. The molecule has 5 nitrogen and oxygen atoms in total. The summed E-state index contributed by atoms with van der Waals surface area (Å²) in [5, 5.41) is 0. The zero-order chi connectivity index (χ0) is 25.0. The molecule has 6 heteroatoms. The minimum Gasteiger partial charge on any atom is -0.485 e. The summed E-state index contributed by atoms with van der Waals surface area (Å²) in [6.07, 6.45) is 0.338. The van der Waals surface area contributed by atoms with Crippen molar-refractivity contribution in [1.82, 2.24) is 0 Å². The molecule has 0 aliphatic heterocycles. The molecule has 0 unspecified atom stereocenters. The molecule has 0 saturated carbocycles. The fourth-order valence-electron chi connectivity index (χ4n) is 3.41. The first-order valence-electron chi connectivity index (χ1n) is 10.5. The Kier molecular flexibility index (Phi) is 7.85. The summed E-state index contributed by atoms with van der Waals surface area (Å²) in [6, 6.07) is 11.4. The lowest BCUT2D eigenvalue weighted by atomic mass is 9.92. The van der Waals surface area contributed by atoms with Gasteiger partial charge in [-0.15, -0.1) is 0 Å². The van der Waals surface area contributed by atoms with Crippen molar-refractivity contribution in [3.05, 3.63) is 72.6 Å². The average molecular weight is 455 g/mol. The van der Waals surface area contributed by atoms with E-state index in [1.54, 1.807) is 64.1 Å². The Balaban J connectivity index is 2.12. The summed E-state index contributed by atoms with van der Waals surface area (Å²) >= 11 is 0. The summed E-state index contributed by atoms with van der Waals surface area (Å²) in [5.41, 5.74) is 0.373. The maximum Gasteiger partial charge on any atom is 0.338 e. The number of esters is 2. The van der Waals surface area contributed by atoms with Gasteiger partial charge < -0.3 is 14.2 Å². The van der Waals surface area contributed by atoms with Gasteiger partial charge >= 0.3 is 11.9 Å². The summed E-state index contributed by atoms with van der Waals surface area (Å²) < 4.78 is 31.4. The van der Waals surface area contributed by atoms with Crippen LogP contribution in [-0.2, 0) is 14.3 Å². The van der Waals surface area contributed by atoms with Gasteiger partial charge in [-0.25, -0.2) is 14.0 Å². The lowest BCUT2D eigenvalue weighted by molar-refractivity contribution is -0.155. The normalized spacial score (nSPS) is 11.5. The topological polar surface area (TPSA) is 61.8 Å². The monoisotopic (exact) mass is 454 g/mol. The van der Waals surface area contributed by atoms with Gasteiger partial charge in [0.25, 0.3) is 0 Å². The number of ether oxygens (including phenoxy) is 3. The van der Waals surface area contributed by atoms with Crippen LogP contribution in [0, 0.1) is 5.82 Å².